The highest BCUT2D eigenvalue weighted by Crippen LogP contribution is 2.29. The summed E-state index contributed by atoms with van der Waals surface area (Å²) in [4.78, 5) is 14.2. The minimum Gasteiger partial charge on any atom is -0.493 e. The Labute approximate surface area is 153 Å². The molecule has 2 aromatic carbocycles. The molecule has 0 saturated carbocycles. The number of rotatable bonds is 7. The van der Waals surface area contributed by atoms with Crippen molar-refractivity contribution < 1.29 is 14.3 Å². The fourth-order valence-electron chi connectivity index (χ4n) is 2.39. The zero-order chi connectivity index (χ0) is 18.9. The van der Waals surface area contributed by atoms with Gasteiger partial charge in [-0.15, -0.1) is 0 Å². The van der Waals surface area contributed by atoms with Crippen molar-refractivity contribution in [2.45, 2.75) is 6.54 Å². The molecule has 1 N–H and O–H groups in total. The zero-order valence-corrected chi connectivity index (χ0v) is 15.0. The zero-order valence-electron chi connectivity index (χ0n) is 15.0. The van der Waals surface area contributed by atoms with Crippen molar-refractivity contribution in [2.75, 3.05) is 26.6 Å². The molecule has 1 amide bonds. The first kappa shape index (κ1) is 18.9. The van der Waals surface area contributed by atoms with E-state index in [2.05, 4.69) is 5.32 Å². The largest absolute Gasteiger partial charge is 0.493 e. The van der Waals surface area contributed by atoms with Crippen molar-refractivity contribution in [1.82, 2.24) is 4.90 Å². The molecule has 6 heteroatoms. The van der Waals surface area contributed by atoms with Gasteiger partial charge in [-0.25, -0.2) is 0 Å². The summed E-state index contributed by atoms with van der Waals surface area (Å²) in [5.74, 6) is 0.567. The second kappa shape index (κ2) is 9.14. The highest BCUT2D eigenvalue weighted by atomic mass is 16.5. The lowest BCUT2D eigenvalue weighted by molar-refractivity contribution is -0.112. The van der Waals surface area contributed by atoms with Gasteiger partial charge in [0.05, 0.1) is 14.2 Å². The van der Waals surface area contributed by atoms with Crippen molar-refractivity contribution in [2.24, 2.45) is 0 Å². The van der Waals surface area contributed by atoms with Gasteiger partial charge in [0.2, 0.25) is 0 Å². The predicted octanol–water partition coefficient (Wildman–Crippen LogP) is 3.18. The number of anilines is 1. The third-order valence-corrected chi connectivity index (χ3v) is 3.63. The van der Waals surface area contributed by atoms with Gasteiger partial charge in [0.15, 0.2) is 11.5 Å². The number of nitrogens with one attached hydrogen (secondary N) is 1. The Kier molecular flexibility index (Phi) is 6.63. The third kappa shape index (κ3) is 5.02. The summed E-state index contributed by atoms with van der Waals surface area (Å²) in [5.41, 5.74) is 1.61. The number of carbonyl (C=O) groups excluding carboxylic acids is 1. The van der Waals surface area contributed by atoms with Crippen molar-refractivity contribution in [3.8, 4) is 17.6 Å². The Hall–Kier alpha value is -3.46. The predicted molar refractivity (Wildman–Crippen MR) is 99.8 cm³/mol. The van der Waals surface area contributed by atoms with E-state index < -0.39 is 5.91 Å². The van der Waals surface area contributed by atoms with Crippen LogP contribution in [0.2, 0.25) is 0 Å². The second-order valence-corrected chi connectivity index (χ2v) is 5.58. The number of nitriles is 1. The van der Waals surface area contributed by atoms with Crippen molar-refractivity contribution >= 4 is 11.6 Å². The van der Waals surface area contributed by atoms with Crippen molar-refractivity contribution in [3.63, 3.8) is 0 Å². The summed E-state index contributed by atoms with van der Waals surface area (Å²) in [7, 11) is 4.87. The standard InChI is InChI=1S/C20H21N3O3/c1-23(13-15-7-5-4-6-8-15)14-16(12-21)20(24)22-17-9-10-18(25-2)19(11-17)26-3/h4-11,14H,13H2,1-3H3,(H,22,24)/b16-14-. The van der Waals surface area contributed by atoms with Gasteiger partial charge in [0.1, 0.15) is 11.6 Å². The third-order valence-electron chi connectivity index (χ3n) is 3.63. The highest BCUT2D eigenvalue weighted by molar-refractivity contribution is 6.06. The van der Waals surface area contributed by atoms with Gasteiger partial charge in [-0.05, 0) is 17.7 Å². The molecule has 0 bridgehead atoms. The van der Waals surface area contributed by atoms with Gasteiger partial charge in [0, 0.05) is 31.5 Å². The summed E-state index contributed by atoms with van der Waals surface area (Å²) in [6, 6.07) is 16.8. The molecule has 0 atom stereocenters. The van der Waals surface area contributed by atoms with E-state index in [1.165, 1.54) is 20.4 Å². The van der Waals surface area contributed by atoms with Crippen molar-refractivity contribution in [1.29, 1.82) is 5.26 Å². The van der Waals surface area contributed by atoms with Gasteiger partial charge in [-0.3, -0.25) is 4.79 Å². The molecule has 0 aliphatic heterocycles. The van der Waals surface area contributed by atoms with Crippen LogP contribution in [0.3, 0.4) is 0 Å². The summed E-state index contributed by atoms with van der Waals surface area (Å²) in [5, 5.41) is 12.0. The average Bonchev–Trinajstić information content (AvgIpc) is 2.66. The first-order valence-electron chi connectivity index (χ1n) is 7.97. The minimum atomic E-state index is -0.486. The highest BCUT2D eigenvalue weighted by Gasteiger charge is 2.12. The smallest absolute Gasteiger partial charge is 0.267 e. The summed E-state index contributed by atoms with van der Waals surface area (Å²) >= 11 is 0. The number of nitrogens with zero attached hydrogens (tertiary/aromatic N) is 2. The summed E-state index contributed by atoms with van der Waals surface area (Å²) in [6.45, 7) is 0.593. The molecule has 0 aromatic heterocycles. The van der Waals surface area contributed by atoms with Gasteiger partial charge in [-0.1, -0.05) is 30.3 Å². The summed E-state index contributed by atoms with van der Waals surface area (Å²) in [6.07, 6.45) is 1.53. The molecule has 0 unspecified atom stereocenters. The van der Waals surface area contributed by atoms with Crippen molar-refractivity contribution in [3.05, 3.63) is 65.9 Å². The molecule has 0 fully saturated rings. The first-order valence-corrected chi connectivity index (χ1v) is 7.97. The van der Waals surface area contributed by atoms with Crippen LogP contribution < -0.4 is 14.8 Å². The molecule has 0 aliphatic carbocycles. The van der Waals surface area contributed by atoms with E-state index in [0.717, 1.165) is 5.56 Å². The maximum Gasteiger partial charge on any atom is 0.267 e. The quantitative estimate of drug-likeness (QED) is 0.612. The Morgan fingerprint density at radius 1 is 1.15 bits per heavy atom. The first-order chi connectivity index (χ1) is 12.6. The van der Waals surface area contributed by atoms with E-state index in [0.29, 0.717) is 23.7 Å². The monoisotopic (exact) mass is 351 g/mol. The van der Waals surface area contributed by atoms with Gasteiger partial charge < -0.3 is 19.7 Å². The van der Waals surface area contributed by atoms with Crippen LogP contribution in [-0.4, -0.2) is 32.1 Å². The Morgan fingerprint density at radius 3 is 2.46 bits per heavy atom. The Morgan fingerprint density at radius 2 is 1.85 bits per heavy atom. The van der Waals surface area contributed by atoms with E-state index in [4.69, 9.17) is 9.47 Å². The molecule has 0 aliphatic rings. The molecule has 26 heavy (non-hydrogen) atoms. The molecule has 0 saturated heterocycles. The number of carbonyl (C=O) groups is 1. The second-order valence-electron chi connectivity index (χ2n) is 5.58. The number of hydrogen-bond acceptors (Lipinski definition) is 5. The number of methoxy groups -OCH3 is 2. The summed E-state index contributed by atoms with van der Waals surface area (Å²) < 4.78 is 10.4. The molecule has 134 valence electrons. The molecule has 0 heterocycles. The maximum absolute atomic E-state index is 12.4. The lowest BCUT2D eigenvalue weighted by atomic mass is 10.2. The van der Waals surface area contributed by atoms with Crippen LogP contribution in [0, 0.1) is 11.3 Å². The minimum absolute atomic E-state index is 0.0122. The maximum atomic E-state index is 12.4. The van der Waals surface area contributed by atoms with E-state index in [9.17, 15) is 10.1 Å². The van der Waals surface area contributed by atoms with Crippen LogP contribution in [-0.2, 0) is 11.3 Å². The van der Waals surface area contributed by atoms with Crippen LogP contribution in [0.25, 0.3) is 0 Å². The topological polar surface area (TPSA) is 74.6 Å². The fraction of sp³-hybridized carbons (Fsp3) is 0.200. The number of benzene rings is 2. The number of ether oxygens (including phenoxy) is 2. The normalized spacial score (nSPS) is 10.6. The van der Waals surface area contributed by atoms with Crippen LogP contribution in [0.5, 0.6) is 11.5 Å². The Bertz CT molecular complexity index is 826. The van der Waals surface area contributed by atoms with E-state index >= 15 is 0 Å². The average molecular weight is 351 g/mol. The lowest BCUT2D eigenvalue weighted by Gasteiger charge is -2.15. The van der Waals surface area contributed by atoms with Gasteiger partial charge in [0.25, 0.3) is 5.91 Å². The van der Waals surface area contributed by atoms with E-state index in [1.807, 2.05) is 43.4 Å². The molecule has 0 radical (unpaired) electrons. The Balaban J connectivity index is 2.09. The number of hydrogen-bond donors (Lipinski definition) is 1. The fourth-order valence-corrected chi connectivity index (χ4v) is 2.39. The van der Waals surface area contributed by atoms with Crippen LogP contribution >= 0.6 is 0 Å². The van der Waals surface area contributed by atoms with E-state index in [-0.39, 0.29) is 5.57 Å². The number of amides is 1. The van der Waals surface area contributed by atoms with Crippen LogP contribution in [0.15, 0.2) is 60.3 Å². The SMILES string of the molecule is COc1ccc(NC(=O)/C(C#N)=C\N(C)Cc2ccccc2)cc1OC. The van der Waals surface area contributed by atoms with Crippen LogP contribution in [0.1, 0.15) is 5.56 Å². The molecular formula is C20H21N3O3. The molecule has 2 rings (SSSR count). The van der Waals surface area contributed by atoms with Gasteiger partial charge >= 0.3 is 0 Å². The lowest BCUT2D eigenvalue weighted by Crippen LogP contribution is -2.18. The molecule has 0 spiro atoms. The molecule has 6 nitrogen and oxygen atoms in total. The van der Waals surface area contributed by atoms with E-state index in [1.54, 1.807) is 23.1 Å². The molecule has 2 aromatic rings. The van der Waals surface area contributed by atoms with Gasteiger partial charge in [-0.2, -0.15) is 5.26 Å². The molecular weight excluding hydrogens is 330 g/mol. The van der Waals surface area contributed by atoms with Crippen LogP contribution in [0.4, 0.5) is 5.69 Å².